The fourth-order valence-electron chi connectivity index (χ4n) is 2.51. The molecule has 23 heavy (non-hydrogen) atoms. The summed E-state index contributed by atoms with van der Waals surface area (Å²) in [5.74, 6) is 0.998. The van der Waals surface area contributed by atoms with Gasteiger partial charge in [-0.05, 0) is 35.8 Å². The summed E-state index contributed by atoms with van der Waals surface area (Å²) < 4.78 is 1.91. The Bertz CT molecular complexity index is 825. The number of fused-ring (bicyclic) bond motifs is 1. The number of rotatable bonds is 3. The van der Waals surface area contributed by atoms with Crippen LogP contribution in [0, 0.1) is 5.41 Å². The molecule has 0 saturated heterocycles. The molecule has 4 nitrogen and oxygen atoms in total. The average Bonchev–Trinajstić information content (AvgIpc) is 2.96. The van der Waals surface area contributed by atoms with Crippen molar-refractivity contribution in [2.45, 2.75) is 20.8 Å². The van der Waals surface area contributed by atoms with Crippen LogP contribution < -0.4 is 4.90 Å². The molecule has 118 valence electrons. The molecule has 0 saturated carbocycles. The van der Waals surface area contributed by atoms with Gasteiger partial charge in [-0.3, -0.25) is 0 Å². The number of anilines is 1. The molecule has 0 atom stereocenters. The molecule has 0 bridgehead atoms. The first kappa shape index (κ1) is 15.3. The van der Waals surface area contributed by atoms with Crippen molar-refractivity contribution in [3.05, 3.63) is 60.7 Å². The van der Waals surface area contributed by atoms with Crippen molar-refractivity contribution in [2.75, 3.05) is 11.9 Å². The van der Waals surface area contributed by atoms with Crippen LogP contribution in [0.25, 0.3) is 16.9 Å². The van der Waals surface area contributed by atoms with Gasteiger partial charge < -0.3 is 4.90 Å². The van der Waals surface area contributed by atoms with Crippen molar-refractivity contribution in [1.82, 2.24) is 15.0 Å². The summed E-state index contributed by atoms with van der Waals surface area (Å²) in [5, 5.41) is 8.67. The van der Waals surface area contributed by atoms with Gasteiger partial charge in [-0.25, -0.2) is 0 Å². The Morgan fingerprint density at radius 1 is 1.00 bits per heavy atom. The molecular formula is C19H22N4. The van der Waals surface area contributed by atoms with Gasteiger partial charge in [0.1, 0.15) is 11.3 Å². The molecule has 0 aliphatic heterocycles. The Morgan fingerprint density at radius 3 is 2.35 bits per heavy atom. The largest absolute Gasteiger partial charge is 0.330 e. The molecule has 0 unspecified atom stereocenters. The highest BCUT2D eigenvalue weighted by Gasteiger charge is 2.18. The third kappa shape index (κ3) is 3.26. The monoisotopic (exact) mass is 306 g/mol. The molecule has 0 spiro atoms. The predicted molar refractivity (Wildman–Crippen MR) is 96.1 cm³/mol. The third-order valence-corrected chi connectivity index (χ3v) is 3.62. The number of benzene rings is 2. The van der Waals surface area contributed by atoms with Gasteiger partial charge in [0.25, 0.3) is 0 Å². The van der Waals surface area contributed by atoms with Crippen LogP contribution in [0.4, 0.5) is 5.69 Å². The Balaban J connectivity index is 2.16. The van der Waals surface area contributed by atoms with Crippen molar-refractivity contribution < 1.29 is 0 Å². The first-order valence-corrected chi connectivity index (χ1v) is 7.78. The van der Waals surface area contributed by atoms with Crippen LogP contribution in [0.1, 0.15) is 20.8 Å². The smallest absolute Gasteiger partial charge is 0.133 e. The first-order valence-electron chi connectivity index (χ1n) is 7.78. The van der Waals surface area contributed by atoms with Crippen LogP contribution in [0.2, 0.25) is 0 Å². The molecule has 1 aromatic heterocycles. The topological polar surface area (TPSA) is 34.0 Å². The van der Waals surface area contributed by atoms with Gasteiger partial charge in [0.2, 0.25) is 0 Å². The van der Waals surface area contributed by atoms with Gasteiger partial charge in [0.05, 0.1) is 5.52 Å². The third-order valence-electron chi connectivity index (χ3n) is 3.62. The minimum atomic E-state index is 0.0193. The molecule has 0 aliphatic carbocycles. The second kappa shape index (κ2) is 5.88. The maximum atomic E-state index is 4.38. The van der Waals surface area contributed by atoms with Crippen molar-refractivity contribution in [3.63, 3.8) is 0 Å². The van der Waals surface area contributed by atoms with E-state index in [0.29, 0.717) is 0 Å². The Hall–Kier alpha value is -2.62. The lowest BCUT2D eigenvalue weighted by molar-refractivity contribution is 0.540. The van der Waals surface area contributed by atoms with Crippen molar-refractivity contribution >= 4 is 22.5 Å². The van der Waals surface area contributed by atoms with Crippen LogP contribution >= 0.6 is 0 Å². The summed E-state index contributed by atoms with van der Waals surface area (Å²) in [6.45, 7) is 6.56. The van der Waals surface area contributed by atoms with Crippen molar-refractivity contribution in [3.8, 4) is 0 Å². The van der Waals surface area contributed by atoms with Gasteiger partial charge in [-0.1, -0.05) is 56.3 Å². The molecule has 2 aromatic carbocycles. The van der Waals surface area contributed by atoms with Crippen LogP contribution in [0.5, 0.6) is 0 Å². The zero-order chi connectivity index (χ0) is 16.4. The van der Waals surface area contributed by atoms with Crippen molar-refractivity contribution in [2.24, 2.45) is 5.41 Å². The molecule has 0 radical (unpaired) electrons. The van der Waals surface area contributed by atoms with E-state index in [0.717, 1.165) is 22.5 Å². The number of para-hydroxylation sites is 2. The fourth-order valence-corrected chi connectivity index (χ4v) is 2.51. The summed E-state index contributed by atoms with van der Waals surface area (Å²) in [6.07, 6.45) is 2.22. The Kier molecular flexibility index (Phi) is 3.90. The molecular weight excluding hydrogens is 284 g/mol. The van der Waals surface area contributed by atoms with E-state index in [-0.39, 0.29) is 5.41 Å². The van der Waals surface area contributed by atoms with Crippen LogP contribution in [-0.4, -0.2) is 22.0 Å². The lowest BCUT2D eigenvalue weighted by Gasteiger charge is -2.26. The lowest BCUT2D eigenvalue weighted by Crippen LogP contribution is -2.23. The summed E-state index contributed by atoms with van der Waals surface area (Å²) in [6, 6.07) is 18.3. The van der Waals surface area contributed by atoms with Gasteiger partial charge in [-0.15, -0.1) is 5.10 Å². The summed E-state index contributed by atoms with van der Waals surface area (Å²) >= 11 is 0. The number of allylic oxidation sites excluding steroid dienone is 1. The summed E-state index contributed by atoms with van der Waals surface area (Å²) in [5.41, 5.74) is 3.04. The van der Waals surface area contributed by atoms with Crippen LogP contribution in [0.15, 0.2) is 60.7 Å². The number of hydrogen-bond donors (Lipinski definition) is 0. The molecule has 4 heteroatoms. The maximum absolute atomic E-state index is 4.38. The number of aromatic nitrogens is 3. The molecule has 3 aromatic rings. The fraction of sp³-hybridized carbons (Fsp3) is 0.263. The van der Waals surface area contributed by atoms with Gasteiger partial charge in [-0.2, -0.15) is 4.68 Å². The highest BCUT2D eigenvalue weighted by Crippen LogP contribution is 2.27. The second-order valence-electron chi connectivity index (χ2n) is 6.75. The van der Waals surface area contributed by atoms with Crippen LogP contribution in [0.3, 0.4) is 0 Å². The minimum Gasteiger partial charge on any atom is -0.330 e. The van der Waals surface area contributed by atoms with Gasteiger partial charge in [0, 0.05) is 12.7 Å². The van der Waals surface area contributed by atoms with E-state index in [1.807, 2.05) is 47.1 Å². The number of hydrogen-bond acceptors (Lipinski definition) is 3. The van der Waals surface area contributed by atoms with Crippen LogP contribution in [-0.2, 0) is 0 Å². The Morgan fingerprint density at radius 2 is 1.65 bits per heavy atom. The molecule has 0 fully saturated rings. The van der Waals surface area contributed by atoms with E-state index in [1.54, 1.807) is 0 Å². The zero-order valence-electron chi connectivity index (χ0n) is 14.1. The van der Waals surface area contributed by atoms with E-state index in [1.165, 1.54) is 0 Å². The quantitative estimate of drug-likeness (QED) is 0.718. The predicted octanol–water partition coefficient (Wildman–Crippen LogP) is 4.41. The normalized spacial score (nSPS) is 12.6. The van der Waals surface area contributed by atoms with E-state index in [4.69, 9.17) is 0 Å². The molecule has 0 N–H and O–H groups in total. The van der Waals surface area contributed by atoms with Gasteiger partial charge in [0.15, 0.2) is 0 Å². The minimum absolute atomic E-state index is 0.0193. The highest BCUT2D eigenvalue weighted by molar-refractivity contribution is 5.80. The van der Waals surface area contributed by atoms with E-state index in [9.17, 15) is 0 Å². The lowest BCUT2D eigenvalue weighted by atomic mass is 9.96. The molecule has 0 amide bonds. The number of nitrogens with zero attached hydrogens (tertiary/aromatic N) is 4. The van der Waals surface area contributed by atoms with E-state index >= 15 is 0 Å². The van der Waals surface area contributed by atoms with Crippen molar-refractivity contribution in [1.29, 1.82) is 0 Å². The summed E-state index contributed by atoms with van der Waals surface area (Å²) in [7, 11) is 2.06. The SMILES string of the molecule is CN(/C(=C/C(C)(C)C)n1nnc2ccccc21)c1ccccc1. The van der Waals surface area contributed by atoms with E-state index in [2.05, 4.69) is 61.2 Å². The Labute approximate surface area is 137 Å². The van der Waals surface area contributed by atoms with Gasteiger partial charge >= 0.3 is 0 Å². The zero-order valence-corrected chi connectivity index (χ0v) is 14.1. The standard InChI is InChI=1S/C19H22N4/c1-19(2,3)14-18(22(4)15-10-6-5-7-11-15)23-17-13-9-8-12-16(17)20-21-23/h5-14H,1-4H3/b18-14-. The second-order valence-corrected chi connectivity index (χ2v) is 6.75. The molecule has 3 rings (SSSR count). The summed E-state index contributed by atoms with van der Waals surface area (Å²) in [4.78, 5) is 2.15. The molecule has 0 aliphatic rings. The maximum Gasteiger partial charge on any atom is 0.133 e. The molecule has 1 heterocycles. The highest BCUT2D eigenvalue weighted by atomic mass is 15.5. The average molecular weight is 306 g/mol. The first-order chi connectivity index (χ1) is 11.0. The van der Waals surface area contributed by atoms with E-state index < -0.39 is 0 Å².